The summed E-state index contributed by atoms with van der Waals surface area (Å²) in [6, 6.07) is 3.29. The van der Waals surface area contributed by atoms with Crippen LogP contribution in [0, 0.1) is 17.0 Å². The molecule has 17 heavy (non-hydrogen) atoms. The molecule has 1 aliphatic rings. The van der Waals surface area contributed by atoms with Gasteiger partial charge >= 0.3 is 0 Å². The molecule has 0 aliphatic carbocycles. The number of rotatable bonds is 2. The van der Waals surface area contributed by atoms with E-state index in [1.54, 1.807) is 19.9 Å². The number of nitro groups is 1. The van der Waals surface area contributed by atoms with Gasteiger partial charge in [0.25, 0.3) is 5.69 Å². The first-order chi connectivity index (χ1) is 7.80. The zero-order valence-electron chi connectivity index (χ0n) is 9.61. The van der Waals surface area contributed by atoms with Crippen LogP contribution in [0.15, 0.2) is 16.6 Å². The van der Waals surface area contributed by atoms with Crippen molar-refractivity contribution in [1.82, 2.24) is 0 Å². The fourth-order valence-corrected chi connectivity index (χ4v) is 2.62. The largest absolute Gasteiger partial charge is 0.386 e. The molecule has 2 rings (SSSR count). The van der Waals surface area contributed by atoms with Gasteiger partial charge in [-0.2, -0.15) is 0 Å². The average Bonchev–Trinajstić information content (AvgIpc) is 2.17. The predicted octanol–water partition coefficient (Wildman–Crippen LogP) is 2.24. The van der Waals surface area contributed by atoms with Crippen LogP contribution in [-0.2, 0) is 0 Å². The van der Waals surface area contributed by atoms with E-state index in [1.165, 1.54) is 6.07 Å². The summed E-state index contributed by atoms with van der Waals surface area (Å²) in [7, 11) is 0. The third-order valence-corrected chi connectivity index (χ3v) is 3.50. The van der Waals surface area contributed by atoms with Gasteiger partial charge in [-0.25, -0.2) is 0 Å². The second-order valence-electron chi connectivity index (χ2n) is 4.70. The maximum atomic E-state index is 10.8. The summed E-state index contributed by atoms with van der Waals surface area (Å²) in [4.78, 5) is 12.4. The Bertz CT molecular complexity index is 480. The van der Waals surface area contributed by atoms with Crippen molar-refractivity contribution in [1.29, 1.82) is 0 Å². The minimum atomic E-state index is -0.658. The molecule has 6 heteroatoms. The second-order valence-corrected chi connectivity index (χ2v) is 5.55. The van der Waals surface area contributed by atoms with E-state index in [2.05, 4.69) is 15.9 Å². The highest BCUT2D eigenvalue weighted by atomic mass is 79.9. The minimum Gasteiger partial charge on any atom is -0.386 e. The van der Waals surface area contributed by atoms with Gasteiger partial charge in [0.05, 0.1) is 16.2 Å². The van der Waals surface area contributed by atoms with Gasteiger partial charge in [-0.15, -0.1) is 0 Å². The first kappa shape index (κ1) is 12.3. The first-order valence-corrected chi connectivity index (χ1v) is 6.01. The maximum absolute atomic E-state index is 10.8. The highest BCUT2D eigenvalue weighted by Crippen LogP contribution is 2.37. The van der Waals surface area contributed by atoms with E-state index < -0.39 is 10.5 Å². The van der Waals surface area contributed by atoms with E-state index in [0.717, 1.165) is 5.69 Å². The molecule has 0 unspecified atom stereocenters. The molecule has 1 heterocycles. The smallest absolute Gasteiger partial charge is 0.273 e. The standard InChI is InChI=1S/C11H13BrN2O3/c1-7-3-10(13-5-11(2,15)6-13)8(12)4-9(7)14(16)17/h3-4,15H,5-6H2,1-2H3. The van der Waals surface area contributed by atoms with E-state index in [-0.39, 0.29) is 5.69 Å². The second kappa shape index (κ2) is 3.96. The fourth-order valence-electron chi connectivity index (χ4n) is 2.04. The molecule has 5 nitrogen and oxygen atoms in total. The number of nitrogens with zero attached hydrogens (tertiary/aromatic N) is 2. The lowest BCUT2D eigenvalue weighted by Gasteiger charge is -2.46. The van der Waals surface area contributed by atoms with Gasteiger partial charge < -0.3 is 10.0 Å². The summed E-state index contributed by atoms with van der Waals surface area (Å²) in [5.74, 6) is 0. The molecule has 1 aromatic carbocycles. The van der Waals surface area contributed by atoms with E-state index in [0.29, 0.717) is 23.1 Å². The predicted molar refractivity (Wildman–Crippen MR) is 68.4 cm³/mol. The maximum Gasteiger partial charge on any atom is 0.273 e. The summed E-state index contributed by atoms with van der Waals surface area (Å²) in [5.41, 5.74) is 0.960. The van der Waals surface area contributed by atoms with E-state index in [1.807, 2.05) is 4.90 Å². The molecule has 0 saturated carbocycles. The Hall–Kier alpha value is -1.14. The molecule has 0 atom stereocenters. The van der Waals surface area contributed by atoms with Crippen molar-refractivity contribution in [3.05, 3.63) is 32.3 Å². The van der Waals surface area contributed by atoms with Crippen LogP contribution >= 0.6 is 15.9 Å². The first-order valence-electron chi connectivity index (χ1n) is 5.22. The fraction of sp³-hybridized carbons (Fsp3) is 0.455. The molecular formula is C11H13BrN2O3. The summed E-state index contributed by atoms with van der Waals surface area (Å²) < 4.78 is 0.685. The molecule has 0 spiro atoms. The van der Waals surface area contributed by atoms with Crippen molar-refractivity contribution in [2.24, 2.45) is 0 Å². The minimum absolute atomic E-state index is 0.105. The average molecular weight is 301 g/mol. The Kier molecular flexibility index (Phi) is 2.87. The highest BCUT2D eigenvalue weighted by molar-refractivity contribution is 9.10. The van der Waals surface area contributed by atoms with E-state index in [4.69, 9.17) is 0 Å². The lowest BCUT2D eigenvalue weighted by molar-refractivity contribution is -0.385. The zero-order chi connectivity index (χ0) is 12.8. The summed E-state index contributed by atoms with van der Waals surface area (Å²) in [6.07, 6.45) is 0. The van der Waals surface area contributed by atoms with E-state index in [9.17, 15) is 15.2 Å². The Morgan fingerprint density at radius 1 is 1.53 bits per heavy atom. The van der Waals surface area contributed by atoms with Crippen molar-refractivity contribution in [3.8, 4) is 0 Å². The van der Waals surface area contributed by atoms with Crippen molar-refractivity contribution in [2.45, 2.75) is 19.4 Å². The number of hydrogen-bond donors (Lipinski definition) is 1. The van der Waals surface area contributed by atoms with Crippen LogP contribution in [0.4, 0.5) is 11.4 Å². The Balaban J connectivity index is 2.32. The number of β-amino-alcohol motifs (C(OH)–C–C–N with tert-alkyl or cyclic N) is 1. The van der Waals surface area contributed by atoms with Crippen molar-refractivity contribution >= 4 is 27.3 Å². The lowest BCUT2D eigenvalue weighted by atomic mass is 9.96. The SMILES string of the molecule is Cc1cc(N2CC(C)(O)C2)c(Br)cc1[N+](=O)[O-]. The van der Waals surface area contributed by atoms with Crippen LogP contribution in [0.1, 0.15) is 12.5 Å². The Morgan fingerprint density at radius 3 is 2.59 bits per heavy atom. The highest BCUT2D eigenvalue weighted by Gasteiger charge is 2.37. The van der Waals surface area contributed by atoms with Crippen molar-refractivity contribution < 1.29 is 10.0 Å². The van der Waals surface area contributed by atoms with Crippen LogP contribution < -0.4 is 4.90 Å². The van der Waals surface area contributed by atoms with Crippen LogP contribution in [0.5, 0.6) is 0 Å². The molecule has 1 aliphatic heterocycles. The Morgan fingerprint density at radius 2 is 2.12 bits per heavy atom. The number of anilines is 1. The van der Waals surface area contributed by atoms with Crippen molar-refractivity contribution in [3.63, 3.8) is 0 Å². The topological polar surface area (TPSA) is 66.6 Å². The molecule has 1 saturated heterocycles. The summed E-state index contributed by atoms with van der Waals surface area (Å²) in [6.45, 7) is 4.58. The van der Waals surface area contributed by atoms with Crippen molar-refractivity contribution in [2.75, 3.05) is 18.0 Å². The van der Waals surface area contributed by atoms with Gasteiger partial charge in [-0.3, -0.25) is 10.1 Å². The molecular weight excluding hydrogens is 288 g/mol. The number of hydrogen-bond acceptors (Lipinski definition) is 4. The number of benzene rings is 1. The summed E-state index contributed by atoms with van der Waals surface area (Å²) >= 11 is 3.33. The molecule has 1 aromatic rings. The zero-order valence-corrected chi connectivity index (χ0v) is 11.2. The third-order valence-electron chi connectivity index (χ3n) is 2.87. The molecule has 0 aromatic heterocycles. The molecule has 0 bridgehead atoms. The number of nitro benzene ring substituents is 1. The van der Waals surface area contributed by atoms with Crippen LogP contribution in [0.2, 0.25) is 0 Å². The Labute approximate surface area is 107 Å². The normalized spacial score (nSPS) is 17.8. The molecule has 0 amide bonds. The third kappa shape index (κ3) is 2.28. The molecule has 1 N–H and O–H groups in total. The van der Waals surface area contributed by atoms with Gasteiger partial charge in [-0.05, 0) is 35.8 Å². The van der Waals surface area contributed by atoms with E-state index >= 15 is 0 Å². The lowest BCUT2D eigenvalue weighted by Crippen LogP contribution is -2.60. The molecule has 92 valence electrons. The van der Waals surface area contributed by atoms with Crippen LogP contribution in [0.3, 0.4) is 0 Å². The molecule has 0 radical (unpaired) electrons. The number of aliphatic hydroxyl groups is 1. The number of halogens is 1. The van der Waals surface area contributed by atoms with Gasteiger partial charge in [0.1, 0.15) is 0 Å². The summed E-state index contributed by atoms with van der Waals surface area (Å²) in [5, 5.41) is 20.5. The van der Waals surface area contributed by atoms with Crippen LogP contribution in [-0.4, -0.2) is 28.7 Å². The van der Waals surface area contributed by atoms with Gasteiger partial charge in [0, 0.05) is 29.2 Å². The van der Waals surface area contributed by atoms with Gasteiger partial charge in [0.15, 0.2) is 0 Å². The quantitative estimate of drug-likeness (QED) is 0.672. The number of aryl methyl sites for hydroxylation is 1. The van der Waals surface area contributed by atoms with Gasteiger partial charge in [-0.1, -0.05) is 0 Å². The monoisotopic (exact) mass is 300 g/mol. The molecule has 1 fully saturated rings. The van der Waals surface area contributed by atoms with Gasteiger partial charge in [0.2, 0.25) is 0 Å². The van der Waals surface area contributed by atoms with Crippen LogP contribution in [0.25, 0.3) is 0 Å².